The highest BCUT2D eigenvalue weighted by Crippen LogP contribution is 2.15. The molecule has 0 aromatic heterocycles. The van der Waals surface area contributed by atoms with Gasteiger partial charge in [0.25, 0.3) is 0 Å². The van der Waals surface area contributed by atoms with Crippen LogP contribution < -0.4 is 16.0 Å². The summed E-state index contributed by atoms with van der Waals surface area (Å²) in [5.74, 6) is -0.110. The van der Waals surface area contributed by atoms with Gasteiger partial charge in [-0.1, -0.05) is 19.1 Å². The van der Waals surface area contributed by atoms with Crippen LogP contribution in [0.25, 0.3) is 0 Å². The molecule has 0 atom stereocenters. The summed E-state index contributed by atoms with van der Waals surface area (Å²) in [4.78, 5) is 37.1. The molecule has 7 heteroatoms. The van der Waals surface area contributed by atoms with Crippen molar-refractivity contribution in [1.29, 1.82) is 0 Å². The average Bonchev–Trinajstić information content (AvgIpc) is 2.72. The lowest BCUT2D eigenvalue weighted by molar-refractivity contribution is -0.128. The van der Waals surface area contributed by atoms with E-state index in [9.17, 15) is 14.4 Å². The Morgan fingerprint density at radius 1 is 0.833 bits per heavy atom. The highest BCUT2D eigenvalue weighted by molar-refractivity contribution is 5.94. The average molecular weight is 411 g/mol. The Bertz CT molecular complexity index is 863. The topological polar surface area (TPSA) is 90.5 Å². The van der Waals surface area contributed by atoms with Gasteiger partial charge in [0.15, 0.2) is 0 Å². The predicted molar refractivity (Wildman–Crippen MR) is 121 cm³/mol. The summed E-state index contributed by atoms with van der Waals surface area (Å²) in [6, 6.07) is 14.7. The van der Waals surface area contributed by atoms with Crippen molar-refractivity contribution in [3.63, 3.8) is 0 Å². The molecule has 0 heterocycles. The molecule has 2 aromatic carbocycles. The van der Waals surface area contributed by atoms with Gasteiger partial charge in [0.1, 0.15) is 0 Å². The zero-order chi connectivity index (χ0) is 21.9. The van der Waals surface area contributed by atoms with Crippen LogP contribution in [0.1, 0.15) is 31.7 Å². The van der Waals surface area contributed by atoms with Crippen molar-refractivity contribution >= 4 is 34.8 Å². The Hall–Kier alpha value is -3.35. The standard InChI is InChI=1S/C23H30N4O3/c1-4-6-21(28)25-18-10-12-19(13-11-18)26-22(29)16-24-20-8-5-7-17(15-20)9-14-23(30)27(2)3/h5,7-8,10-13,15,24H,4,6,9,14,16H2,1-3H3,(H,25,28)(H,26,29). The number of nitrogens with zero attached hydrogens (tertiary/aromatic N) is 1. The van der Waals surface area contributed by atoms with Gasteiger partial charge in [0.2, 0.25) is 17.7 Å². The predicted octanol–water partition coefficient (Wildman–Crippen LogP) is 3.50. The van der Waals surface area contributed by atoms with Crippen LogP contribution >= 0.6 is 0 Å². The van der Waals surface area contributed by atoms with E-state index < -0.39 is 0 Å². The number of hydrogen-bond acceptors (Lipinski definition) is 4. The van der Waals surface area contributed by atoms with Gasteiger partial charge >= 0.3 is 0 Å². The normalized spacial score (nSPS) is 10.2. The molecule has 0 saturated heterocycles. The van der Waals surface area contributed by atoms with Crippen LogP contribution in [-0.4, -0.2) is 43.3 Å². The van der Waals surface area contributed by atoms with Crippen molar-refractivity contribution in [3.05, 3.63) is 54.1 Å². The first kappa shape index (κ1) is 22.9. The van der Waals surface area contributed by atoms with Crippen LogP contribution in [0.2, 0.25) is 0 Å². The molecule has 0 aliphatic heterocycles. The zero-order valence-electron chi connectivity index (χ0n) is 17.8. The number of amides is 3. The quantitative estimate of drug-likeness (QED) is 0.559. The molecule has 0 unspecified atom stereocenters. The summed E-state index contributed by atoms with van der Waals surface area (Å²) in [7, 11) is 3.49. The fourth-order valence-electron chi connectivity index (χ4n) is 2.79. The monoisotopic (exact) mass is 410 g/mol. The van der Waals surface area contributed by atoms with Crippen molar-refractivity contribution in [2.45, 2.75) is 32.6 Å². The molecule has 160 valence electrons. The maximum atomic E-state index is 12.2. The molecule has 0 fully saturated rings. The SMILES string of the molecule is CCCC(=O)Nc1ccc(NC(=O)CNc2cccc(CCC(=O)N(C)C)c2)cc1. The lowest BCUT2D eigenvalue weighted by Gasteiger charge is -2.11. The molecule has 7 nitrogen and oxygen atoms in total. The zero-order valence-corrected chi connectivity index (χ0v) is 17.8. The van der Waals surface area contributed by atoms with Gasteiger partial charge in [-0.15, -0.1) is 0 Å². The molecule has 3 amide bonds. The number of carbonyl (C=O) groups is 3. The number of nitrogens with one attached hydrogen (secondary N) is 3. The highest BCUT2D eigenvalue weighted by Gasteiger charge is 2.07. The number of benzene rings is 2. The van der Waals surface area contributed by atoms with Gasteiger partial charge in [-0.2, -0.15) is 0 Å². The third kappa shape index (κ3) is 7.95. The van der Waals surface area contributed by atoms with E-state index in [4.69, 9.17) is 0 Å². The van der Waals surface area contributed by atoms with Crippen molar-refractivity contribution < 1.29 is 14.4 Å². The maximum Gasteiger partial charge on any atom is 0.243 e. The first-order chi connectivity index (χ1) is 14.4. The van der Waals surface area contributed by atoms with Gasteiger partial charge in [-0.25, -0.2) is 0 Å². The lowest BCUT2D eigenvalue weighted by Crippen LogP contribution is -2.22. The van der Waals surface area contributed by atoms with Crippen LogP contribution in [-0.2, 0) is 20.8 Å². The molecule has 2 rings (SSSR count). The van der Waals surface area contributed by atoms with E-state index in [-0.39, 0.29) is 24.3 Å². The fourth-order valence-corrected chi connectivity index (χ4v) is 2.79. The first-order valence-corrected chi connectivity index (χ1v) is 10.1. The molecule has 0 radical (unpaired) electrons. The highest BCUT2D eigenvalue weighted by atomic mass is 16.2. The van der Waals surface area contributed by atoms with E-state index in [1.807, 2.05) is 31.2 Å². The molecule has 0 aliphatic rings. The first-order valence-electron chi connectivity index (χ1n) is 10.1. The van der Waals surface area contributed by atoms with Crippen LogP contribution in [0.5, 0.6) is 0 Å². The summed E-state index contributed by atoms with van der Waals surface area (Å²) in [5.41, 5.74) is 3.23. The molecule has 30 heavy (non-hydrogen) atoms. The minimum Gasteiger partial charge on any atom is -0.376 e. The molecule has 3 N–H and O–H groups in total. The second kappa shape index (κ2) is 11.6. The molecular formula is C23H30N4O3. The molecule has 0 bridgehead atoms. The summed E-state index contributed by atoms with van der Waals surface area (Å²) in [5, 5.41) is 8.73. The van der Waals surface area contributed by atoms with Gasteiger partial charge in [-0.05, 0) is 54.8 Å². The minimum atomic E-state index is -0.175. The van der Waals surface area contributed by atoms with Crippen LogP contribution in [0, 0.1) is 0 Å². The van der Waals surface area contributed by atoms with Crippen molar-refractivity contribution in [3.8, 4) is 0 Å². The Morgan fingerprint density at radius 2 is 1.47 bits per heavy atom. The Kier molecular flexibility index (Phi) is 8.87. The lowest BCUT2D eigenvalue weighted by atomic mass is 10.1. The second-order valence-corrected chi connectivity index (χ2v) is 7.27. The van der Waals surface area contributed by atoms with Crippen molar-refractivity contribution in [1.82, 2.24) is 4.90 Å². The van der Waals surface area contributed by atoms with Gasteiger partial charge in [-0.3, -0.25) is 14.4 Å². The number of aryl methyl sites for hydroxylation is 1. The van der Waals surface area contributed by atoms with Crippen LogP contribution in [0.3, 0.4) is 0 Å². The third-order valence-corrected chi connectivity index (χ3v) is 4.44. The maximum absolute atomic E-state index is 12.2. The largest absolute Gasteiger partial charge is 0.376 e. The summed E-state index contributed by atoms with van der Waals surface area (Å²) in [6.45, 7) is 2.07. The van der Waals surface area contributed by atoms with Crippen LogP contribution in [0.15, 0.2) is 48.5 Å². The van der Waals surface area contributed by atoms with Gasteiger partial charge in [0, 0.05) is 44.0 Å². The minimum absolute atomic E-state index is 0.0215. The summed E-state index contributed by atoms with van der Waals surface area (Å²) in [6.07, 6.45) is 2.38. The molecule has 0 spiro atoms. The van der Waals surface area contributed by atoms with E-state index in [2.05, 4.69) is 16.0 Å². The van der Waals surface area contributed by atoms with E-state index >= 15 is 0 Å². The Morgan fingerprint density at radius 3 is 2.07 bits per heavy atom. The van der Waals surface area contributed by atoms with Crippen molar-refractivity contribution in [2.24, 2.45) is 0 Å². The summed E-state index contributed by atoms with van der Waals surface area (Å²) >= 11 is 0. The number of anilines is 3. The molecule has 2 aromatic rings. The summed E-state index contributed by atoms with van der Waals surface area (Å²) < 4.78 is 0. The Balaban J connectivity index is 1.81. The molecule has 0 aliphatic carbocycles. The number of carbonyl (C=O) groups excluding carboxylic acids is 3. The smallest absolute Gasteiger partial charge is 0.243 e. The van der Waals surface area contributed by atoms with E-state index in [0.29, 0.717) is 30.6 Å². The number of rotatable bonds is 10. The van der Waals surface area contributed by atoms with Gasteiger partial charge in [0.05, 0.1) is 6.54 Å². The molecular weight excluding hydrogens is 380 g/mol. The second-order valence-electron chi connectivity index (χ2n) is 7.27. The van der Waals surface area contributed by atoms with Crippen molar-refractivity contribution in [2.75, 3.05) is 36.6 Å². The van der Waals surface area contributed by atoms with E-state index in [0.717, 1.165) is 17.7 Å². The third-order valence-electron chi connectivity index (χ3n) is 4.44. The van der Waals surface area contributed by atoms with Gasteiger partial charge < -0.3 is 20.9 Å². The fraction of sp³-hybridized carbons (Fsp3) is 0.348. The molecule has 0 saturated carbocycles. The van der Waals surface area contributed by atoms with E-state index in [1.165, 1.54) is 0 Å². The van der Waals surface area contributed by atoms with Crippen LogP contribution in [0.4, 0.5) is 17.1 Å². The van der Waals surface area contributed by atoms with E-state index in [1.54, 1.807) is 43.3 Å². The Labute approximate surface area is 177 Å². The number of hydrogen-bond donors (Lipinski definition) is 3.